The zero-order valence-electron chi connectivity index (χ0n) is 14.7. The third-order valence-electron chi connectivity index (χ3n) is 3.85. The van der Waals surface area contributed by atoms with Gasteiger partial charge in [0, 0.05) is 36.7 Å². The molecule has 0 aliphatic heterocycles. The van der Waals surface area contributed by atoms with Crippen LogP contribution in [-0.2, 0) is 17.8 Å². The van der Waals surface area contributed by atoms with Crippen molar-refractivity contribution in [2.45, 2.75) is 26.3 Å². The Balaban J connectivity index is 1.51. The monoisotopic (exact) mass is 352 g/mol. The van der Waals surface area contributed by atoms with Crippen LogP contribution in [0.1, 0.15) is 23.4 Å². The van der Waals surface area contributed by atoms with E-state index in [2.05, 4.69) is 20.5 Å². The highest BCUT2D eigenvalue weighted by molar-refractivity contribution is 5.76. The Hall–Kier alpha value is -3.22. The third-order valence-corrected chi connectivity index (χ3v) is 3.85. The van der Waals surface area contributed by atoms with Crippen LogP contribution in [0.15, 0.2) is 47.0 Å². The number of aromatic nitrogens is 3. The molecule has 1 aromatic carbocycles. The van der Waals surface area contributed by atoms with Crippen LogP contribution in [0.4, 0.5) is 0 Å². The molecule has 0 saturated carbocycles. The summed E-state index contributed by atoms with van der Waals surface area (Å²) in [5.74, 6) is 1.30. The van der Waals surface area contributed by atoms with E-state index in [4.69, 9.17) is 9.15 Å². The lowest BCUT2D eigenvalue weighted by Gasteiger charge is -2.07. The maximum atomic E-state index is 12.0. The molecule has 0 unspecified atom stereocenters. The number of carbonyl (C=O) groups excluding carboxylic acids is 1. The van der Waals surface area contributed by atoms with Gasteiger partial charge in [-0.3, -0.25) is 4.79 Å². The van der Waals surface area contributed by atoms with Gasteiger partial charge in [-0.15, -0.1) is 10.2 Å². The summed E-state index contributed by atoms with van der Waals surface area (Å²) in [7, 11) is 1.55. The van der Waals surface area contributed by atoms with Crippen molar-refractivity contribution >= 4 is 5.91 Å². The fourth-order valence-corrected chi connectivity index (χ4v) is 2.41. The van der Waals surface area contributed by atoms with E-state index < -0.39 is 0 Å². The molecule has 0 aliphatic carbocycles. The number of hydrogen-bond acceptors (Lipinski definition) is 6. The van der Waals surface area contributed by atoms with Crippen molar-refractivity contribution in [3.8, 4) is 17.3 Å². The van der Waals surface area contributed by atoms with Gasteiger partial charge in [0.1, 0.15) is 0 Å². The molecule has 2 aromatic heterocycles. The number of aryl methyl sites for hydroxylation is 2. The van der Waals surface area contributed by atoms with Crippen molar-refractivity contribution in [2.24, 2.45) is 0 Å². The molecule has 0 spiro atoms. The Morgan fingerprint density at radius 1 is 1.19 bits per heavy atom. The van der Waals surface area contributed by atoms with Crippen LogP contribution in [0.5, 0.6) is 5.88 Å². The van der Waals surface area contributed by atoms with Gasteiger partial charge in [-0.1, -0.05) is 23.8 Å². The van der Waals surface area contributed by atoms with Crippen molar-refractivity contribution in [1.82, 2.24) is 20.5 Å². The van der Waals surface area contributed by atoms with Gasteiger partial charge in [-0.05, 0) is 25.1 Å². The predicted octanol–water partition coefficient (Wildman–Crippen LogP) is 2.70. The minimum Gasteiger partial charge on any atom is -0.481 e. The van der Waals surface area contributed by atoms with Crippen LogP contribution in [0.25, 0.3) is 11.5 Å². The maximum absolute atomic E-state index is 12.0. The predicted molar refractivity (Wildman–Crippen MR) is 95.4 cm³/mol. The summed E-state index contributed by atoms with van der Waals surface area (Å²) < 4.78 is 10.8. The lowest BCUT2D eigenvalue weighted by molar-refractivity contribution is -0.121. The average molecular weight is 352 g/mol. The molecule has 0 saturated heterocycles. The van der Waals surface area contributed by atoms with Crippen molar-refractivity contribution in [1.29, 1.82) is 0 Å². The van der Waals surface area contributed by atoms with Crippen LogP contribution >= 0.6 is 0 Å². The summed E-state index contributed by atoms with van der Waals surface area (Å²) in [4.78, 5) is 16.1. The lowest BCUT2D eigenvalue weighted by Crippen LogP contribution is -2.23. The Labute approximate surface area is 151 Å². The molecule has 26 heavy (non-hydrogen) atoms. The molecule has 0 atom stereocenters. The second-order valence-corrected chi connectivity index (χ2v) is 5.82. The van der Waals surface area contributed by atoms with E-state index in [9.17, 15) is 4.79 Å². The van der Waals surface area contributed by atoms with E-state index in [1.807, 2.05) is 37.3 Å². The molecule has 7 heteroatoms. The zero-order valence-corrected chi connectivity index (χ0v) is 14.7. The fraction of sp³-hybridized carbons (Fsp3) is 0.263. The zero-order chi connectivity index (χ0) is 18.4. The number of amides is 1. The van der Waals surface area contributed by atoms with Crippen molar-refractivity contribution in [3.63, 3.8) is 0 Å². The molecule has 1 amide bonds. The third kappa shape index (κ3) is 4.44. The van der Waals surface area contributed by atoms with Crippen LogP contribution < -0.4 is 10.1 Å². The minimum atomic E-state index is -0.106. The number of ether oxygens (including phenoxy) is 1. The normalized spacial score (nSPS) is 10.5. The van der Waals surface area contributed by atoms with Gasteiger partial charge in [0.2, 0.25) is 23.6 Å². The first kappa shape index (κ1) is 17.6. The Kier molecular flexibility index (Phi) is 5.58. The summed E-state index contributed by atoms with van der Waals surface area (Å²) in [5.41, 5.74) is 2.85. The fourth-order valence-electron chi connectivity index (χ4n) is 2.41. The van der Waals surface area contributed by atoms with E-state index in [1.54, 1.807) is 19.4 Å². The van der Waals surface area contributed by atoms with Crippen LogP contribution in [0.2, 0.25) is 0 Å². The Morgan fingerprint density at radius 3 is 2.77 bits per heavy atom. The topological polar surface area (TPSA) is 90.1 Å². The maximum Gasteiger partial charge on any atom is 0.247 e. The molecule has 3 aromatic rings. The first-order valence-electron chi connectivity index (χ1n) is 8.29. The number of hydrogen-bond donors (Lipinski definition) is 1. The second kappa shape index (κ2) is 8.24. The summed E-state index contributed by atoms with van der Waals surface area (Å²) in [6.07, 6.45) is 2.29. The highest BCUT2D eigenvalue weighted by Gasteiger charge is 2.11. The smallest absolute Gasteiger partial charge is 0.247 e. The van der Waals surface area contributed by atoms with Crippen molar-refractivity contribution in [3.05, 3.63) is 59.6 Å². The molecule has 1 N–H and O–H groups in total. The van der Waals surface area contributed by atoms with Crippen LogP contribution in [0.3, 0.4) is 0 Å². The van der Waals surface area contributed by atoms with Crippen molar-refractivity contribution in [2.75, 3.05) is 7.11 Å². The van der Waals surface area contributed by atoms with E-state index >= 15 is 0 Å². The number of nitrogens with one attached hydrogen (secondary N) is 1. The molecule has 134 valence electrons. The average Bonchev–Trinajstić information content (AvgIpc) is 3.14. The summed E-state index contributed by atoms with van der Waals surface area (Å²) in [6.45, 7) is 2.37. The van der Waals surface area contributed by atoms with Gasteiger partial charge in [0.25, 0.3) is 0 Å². The van der Waals surface area contributed by atoms with E-state index in [0.29, 0.717) is 30.6 Å². The molecule has 3 rings (SSSR count). The van der Waals surface area contributed by atoms with E-state index in [-0.39, 0.29) is 12.3 Å². The highest BCUT2D eigenvalue weighted by Crippen LogP contribution is 2.18. The SMILES string of the molecule is COc1ncccc1CNC(=O)CCc1nnc(-c2ccc(C)cc2)o1. The first-order chi connectivity index (χ1) is 12.7. The number of pyridine rings is 1. The van der Waals surface area contributed by atoms with Gasteiger partial charge in [-0.25, -0.2) is 4.98 Å². The van der Waals surface area contributed by atoms with Crippen LogP contribution in [-0.4, -0.2) is 28.2 Å². The highest BCUT2D eigenvalue weighted by atomic mass is 16.5. The molecule has 2 heterocycles. The Bertz CT molecular complexity index is 875. The van der Waals surface area contributed by atoms with Gasteiger partial charge in [0.05, 0.1) is 7.11 Å². The summed E-state index contributed by atoms with van der Waals surface area (Å²) >= 11 is 0. The molecule has 0 aliphatic rings. The minimum absolute atomic E-state index is 0.106. The number of nitrogens with zero attached hydrogens (tertiary/aromatic N) is 3. The molecule has 0 fully saturated rings. The van der Waals surface area contributed by atoms with Crippen molar-refractivity contribution < 1.29 is 13.9 Å². The van der Waals surface area contributed by atoms with Crippen LogP contribution in [0, 0.1) is 6.92 Å². The van der Waals surface area contributed by atoms with E-state index in [1.165, 1.54) is 0 Å². The van der Waals surface area contributed by atoms with Gasteiger partial charge >= 0.3 is 0 Å². The lowest BCUT2D eigenvalue weighted by atomic mass is 10.1. The molecule has 7 nitrogen and oxygen atoms in total. The number of benzene rings is 1. The summed E-state index contributed by atoms with van der Waals surface area (Å²) in [6, 6.07) is 11.5. The molecule has 0 bridgehead atoms. The molecular formula is C19H20N4O3. The van der Waals surface area contributed by atoms with Gasteiger partial charge in [0.15, 0.2) is 0 Å². The first-order valence-corrected chi connectivity index (χ1v) is 8.29. The molecule has 0 radical (unpaired) electrons. The van der Waals surface area contributed by atoms with Gasteiger partial charge < -0.3 is 14.5 Å². The number of rotatable bonds is 7. The quantitative estimate of drug-likeness (QED) is 0.703. The van der Waals surface area contributed by atoms with E-state index in [0.717, 1.165) is 16.7 Å². The standard InChI is InChI=1S/C19H20N4O3/c1-13-5-7-14(8-6-13)19-23-22-17(26-19)10-9-16(24)21-12-15-4-3-11-20-18(15)25-2/h3-8,11H,9-10,12H2,1-2H3,(H,21,24). The largest absolute Gasteiger partial charge is 0.481 e. The van der Waals surface area contributed by atoms with Gasteiger partial charge in [-0.2, -0.15) is 0 Å². The number of carbonyl (C=O) groups is 1. The second-order valence-electron chi connectivity index (χ2n) is 5.82. The molecular weight excluding hydrogens is 332 g/mol. The Morgan fingerprint density at radius 2 is 2.00 bits per heavy atom. The number of methoxy groups -OCH3 is 1. The summed E-state index contributed by atoms with van der Waals surface area (Å²) in [5, 5.41) is 10.9.